The van der Waals surface area contributed by atoms with E-state index in [4.69, 9.17) is 11.0 Å². The summed E-state index contributed by atoms with van der Waals surface area (Å²) in [6, 6.07) is 16.4. The van der Waals surface area contributed by atoms with E-state index in [0.29, 0.717) is 33.5 Å². The highest BCUT2D eigenvalue weighted by Gasteiger charge is 2.09. The number of pyridine rings is 1. The molecule has 2 aromatic heterocycles. The number of fused-ring (bicyclic) bond motifs is 2. The molecule has 0 radical (unpaired) electrons. The molecular weight excluding hydrogens is 302 g/mol. The molecule has 0 aliphatic rings. The number of rotatable bonds is 1. The third-order valence-electron chi connectivity index (χ3n) is 3.85. The summed E-state index contributed by atoms with van der Waals surface area (Å²) in [5, 5.41) is 15.7. The number of nitrogens with zero attached hydrogens (tertiary/aromatic N) is 3. The van der Waals surface area contributed by atoms with Crippen molar-refractivity contribution in [3.8, 4) is 11.5 Å². The van der Waals surface area contributed by atoms with Crippen molar-refractivity contribution in [2.45, 2.75) is 0 Å². The van der Waals surface area contributed by atoms with E-state index in [0.717, 1.165) is 10.8 Å². The predicted molar refractivity (Wildman–Crippen MR) is 90.6 cm³/mol. The monoisotopic (exact) mass is 313 g/mol. The average molecular weight is 313 g/mol. The second-order valence-corrected chi connectivity index (χ2v) is 5.30. The van der Waals surface area contributed by atoms with Gasteiger partial charge in [0, 0.05) is 23.0 Å². The SMILES string of the molecule is [C-]#[N+]c1ccc2/c(=N\O)cc(-c3cc4ccccc4cn3)oc2c1. The summed E-state index contributed by atoms with van der Waals surface area (Å²) in [5.41, 5.74) is 1.57. The van der Waals surface area contributed by atoms with Crippen molar-refractivity contribution >= 4 is 27.4 Å². The second-order valence-electron chi connectivity index (χ2n) is 5.30. The Hall–Kier alpha value is -3.65. The Morgan fingerprint density at radius 2 is 1.88 bits per heavy atom. The molecule has 114 valence electrons. The first-order chi connectivity index (χ1) is 11.8. The van der Waals surface area contributed by atoms with Gasteiger partial charge in [-0.3, -0.25) is 4.98 Å². The Morgan fingerprint density at radius 3 is 2.67 bits per heavy atom. The molecule has 0 spiro atoms. The Balaban J connectivity index is 1.99. The van der Waals surface area contributed by atoms with Gasteiger partial charge in [0.1, 0.15) is 16.6 Å². The standard InChI is InChI=1S/C19H11N3O2/c1-20-14-6-7-15-16(22-23)10-19(24-18(15)9-14)17-8-12-4-2-3-5-13(12)11-21-17/h2-11,23H/b22-16-. The van der Waals surface area contributed by atoms with Gasteiger partial charge in [0.25, 0.3) is 0 Å². The highest BCUT2D eigenvalue weighted by molar-refractivity contribution is 5.86. The molecule has 24 heavy (non-hydrogen) atoms. The van der Waals surface area contributed by atoms with Crippen LogP contribution in [0.2, 0.25) is 0 Å². The molecule has 0 amide bonds. The Morgan fingerprint density at radius 1 is 1.04 bits per heavy atom. The Bertz CT molecular complexity index is 1190. The number of benzene rings is 2. The maximum absolute atomic E-state index is 9.31. The van der Waals surface area contributed by atoms with Crippen molar-refractivity contribution in [3.05, 3.63) is 77.6 Å². The molecule has 0 unspecified atom stereocenters. The molecule has 0 aliphatic carbocycles. The van der Waals surface area contributed by atoms with Crippen LogP contribution in [0.1, 0.15) is 0 Å². The third-order valence-corrected chi connectivity index (χ3v) is 3.85. The molecule has 1 N–H and O–H groups in total. The van der Waals surface area contributed by atoms with Gasteiger partial charge >= 0.3 is 0 Å². The fraction of sp³-hybridized carbons (Fsp3) is 0. The van der Waals surface area contributed by atoms with Crippen molar-refractivity contribution in [1.29, 1.82) is 0 Å². The molecule has 0 aliphatic heterocycles. The van der Waals surface area contributed by atoms with Gasteiger partial charge in [-0.05, 0) is 17.5 Å². The van der Waals surface area contributed by atoms with Crippen molar-refractivity contribution in [1.82, 2.24) is 4.98 Å². The topological polar surface area (TPSA) is 63.0 Å². The van der Waals surface area contributed by atoms with Gasteiger partial charge in [0.15, 0.2) is 11.4 Å². The summed E-state index contributed by atoms with van der Waals surface area (Å²) in [4.78, 5) is 7.83. The Labute approximate surface area is 136 Å². The zero-order valence-electron chi connectivity index (χ0n) is 12.5. The zero-order valence-corrected chi connectivity index (χ0v) is 12.5. The van der Waals surface area contributed by atoms with Gasteiger partial charge < -0.3 is 9.62 Å². The molecule has 2 aromatic carbocycles. The lowest BCUT2D eigenvalue weighted by Gasteiger charge is -2.05. The van der Waals surface area contributed by atoms with E-state index < -0.39 is 0 Å². The average Bonchev–Trinajstić information content (AvgIpc) is 2.66. The maximum Gasteiger partial charge on any atom is 0.190 e. The van der Waals surface area contributed by atoms with E-state index in [-0.39, 0.29) is 0 Å². The van der Waals surface area contributed by atoms with Gasteiger partial charge in [-0.25, -0.2) is 4.85 Å². The third kappa shape index (κ3) is 2.27. The molecule has 0 saturated heterocycles. The molecule has 2 heterocycles. The van der Waals surface area contributed by atoms with Crippen molar-refractivity contribution in [2.24, 2.45) is 5.16 Å². The van der Waals surface area contributed by atoms with Crippen LogP contribution in [0, 0.1) is 6.57 Å². The van der Waals surface area contributed by atoms with Gasteiger partial charge in [0.05, 0.1) is 6.57 Å². The zero-order chi connectivity index (χ0) is 16.5. The Kier molecular flexibility index (Phi) is 3.22. The van der Waals surface area contributed by atoms with E-state index in [9.17, 15) is 5.21 Å². The van der Waals surface area contributed by atoms with Gasteiger partial charge in [0.2, 0.25) is 0 Å². The molecular formula is C19H11N3O2. The first-order valence-electron chi connectivity index (χ1n) is 7.27. The molecule has 0 bridgehead atoms. The minimum Gasteiger partial charge on any atom is -0.456 e. The minimum absolute atomic E-state index is 0.373. The molecule has 0 fully saturated rings. The van der Waals surface area contributed by atoms with Crippen molar-refractivity contribution in [3.63, 3.8) is 0 Å². The largest absolute Gasteiger partial charge is 0.456 e. The number of hydrogen-bond donors (Lipinski definition) is 1. The van der Waals surface area contributed by atoms with E-state index in [1.807, 2.05) is 30.3 Å². The van der Waals surface area contributed by atoms with Crippen molar-refractivity contribution < 1.29 is 9.62 Å². The summed E-state index contributed by atoms with van der Waals surface area (Å²) in [5.74, 6) is 0.475. The molecule has 0 atom stereocenters. The second kappa shape index (κ2) is 5.52. The van der Waals surface area contributed by atoms with Gasteiger partial charge in [-0.2, -0.15) is 0 Å². The summed E-state index contributed by atoms with van der Waals surface area (Å²) in [6.45, 7) is 7.12. The fourth-order valence-electron chi connectivity index (χ4n) is 2.65. The lowest BCUT2D eigenvalue weighted by Crippen LogP contribution is -2.03. The van der Waals surface area contributed by atoms with Crippen LogP contribution in [0.5, 0.6) is 0 Å². The predicted octanol–water partition coefficient (Wildman–Crippen LogP) is 4.49. The molecule has 0 saturated carbocycles. The van der Waals surface area contributed by atoms with E-state index >= 15 is 0 Å². The molecule has 4 aromatic rings. The molecule has 5 heteroatoms. The summed E-state index contributed by atoms with van der Waals surface area (Å²) in [6.07, 6.45) is 1.77. The minimum atomic E-state index is 0.373. The lowest BCUT2D eigenvalue weighted by molar-refractivity contribution is 0.302. The van der Waals surface area contributed by atoms with Crippen LogP contribution in [-0.4, -0.2) is 10.2 Å². The molecule has 4 rings (SSSR count). The first-order valence-corrected chi connectivity index (χ1v) is 7.27. The van der Waals surface area contributed by atoms with Crippen molar-refractivity contribution in [2.75, 3.05) is 0 Å². The lowest BCUT2D eigenvalue weighted by atomic mass is 10.1. The van der Waals surface area contributed by atoms with Crippen LogP contribution < -0.4 is 5.36 Å². The first kappa shape index (κ1) is 14.0. The maximum atomic E-state index is 9.31. The van der Waals surface area contributed by atoms with Crippen LogP contribution in [0.4, 0.5) is 5.69 Å². The van der Waals surface area contributed by atoms with Gasteiger partial charge in [-0.1, -0.05) is 41.6 Å². The fourth-order valence-corrected chi connectivity index (χ4v) is 2.65. The van der Waals surface area contributed by atoms with E-state index in [1.54, 1.807) is 30.5 Å². The highest BCUT2D eigenvalue weighted by Crippen LogP contribution is 2.26. The van der Waals surface area contributed by atoms with Gasteiger partial charge in [-0.15, -0.1) is 0 Å². The smallest absolute Gasteiger partial charge is 0.190 e. The summed E-state index contributed by atoms with van der Waals surface area (Å²) in [7, 11) is 0. The summed E-state index contributed by atoms with van der Waals surface area (Å²) < 4.78 is 5.90. The summed E-state index contributed by atoms with van der Waals surface area (Å²) >= 11 is 0. The normalized spacial score (nSPS) is 11.7. The van der Waals surface area contributed by atoms with Crippen LogP contribution in [0.3, 0.4) is 0 Å². The van der Waals surface area contributed by atoms with Crippen LogP contribution in [0.15, 0.2) is 70.4 Å². The highest BCUT2D eigenvalue weighted by atomic mass is 16.4. The number of aromatic nitrogens is 1. The van der Waals surface area contributed by atoms with Crippen LogP contribution >= 0.6 is 0 Å². The van der Waals surface area contributed by atoms with Crippen LogP contribution in [-0.2, 0) is 0 Å². The number of hydrogen-bond acceptors (Lipinski definition) is 4. The van der Waals surface area contributed by atoms with E-state index in [1.165, 1.54) is 0 Å². The van der Waals surface area contributed by atoms with E-state index in [2.05, 4.69) is 15.0 Å². The molecule has 5 nitrogen and oxygen atoms in total. The quantitative estimate of drug-likeness (QED) is 0.320. The van der Waals surface area contributed by atoms with Crippen LogP contribution in [0.25, 0.3) is 38.0 Å².